The van der Waals surface area contributed by atoms with E-state index < -0.39 is 0 Å². The van der Waals surface area contributed by atoms with Crippen LogP contribution < -0.4 is 9.80 Å². The summed E-state index contributed by atoms with van der Waals surface area (Å²) in [5, 5.41) is 0. The van der Waals surface area contributed by atoms with Gasteiger partial charge in [-0.2, -0.15) is 6.67 Å². The molecule has 0 bridgehead atoms. The minimum atomic E-state index is -0.171. The Balaban J connectivity index is 0.000000295. The van der Waals surface area contributed by atoms with Gasteiger partial charge >= 0.3 is 90.3 Å². The molecule has 3 nitrogen and oxygen atoms in total. The normalized spacial score (nSPS) is 13.2. The predicted molar refractivity (Wildman–Crippen MR) is 161 cm³/mol. The second kappa shape index (κ2) is 14.1. The molecule has 1 fully saturated rings. The van der Waals surface area contributed by atoms with Crippen LogP contribution in [0.15, 0.2) is 48.5 Å². The molecule has 4 rings (SSSR count). The number of aliphatic hydroxyl groups is 1. The van der Waals surface area contributed by atoms with Crippen molar-refractivity contribution in [2.75, 3.05) is 22.9 Å². The van der Waals surface area contributed by atoms with Crippen LogP contribution in [0.25, 0.3) is 0 Å². The summed E-state index contributed by atoms with van der Waals surface area (Å²) in [6, 6.07) is 17.2. The van der Waals surface area contributed by atoms with Gasteiger partial charge in [0.05, 0.1) is 0 Å². The van der Waals surface area contributed by atoms with Crippen LogP contribution in [0, 0.1) is 55.6 Å². The van der Waals surface area contributed by atoms with Gasteiger partial charge < -0.3 is 17.2 Å². The van der Waals surface area contributed by atoms with Crippen LogP contribution >= 0.6 is 9.69 Å². The first kappa shape index (κ1) is 31.1. The third kappa shape index (κ3) is 8.16. The van der Waals surface area contributed by atoms with Crippen LogP contribution in [0.3, 0.4) is 0 Å². The Morgan fingerprint density at radius 2 is 1.24 bits per heavy atom. The predicted octanol–water partition coefficient (Wildman–Crippen LogP) is 8.16. The van der Waals surface area contributed by atoms with Crippen molar-refractivity contribution in [2.45, 2.75) is 61.5 Å². The Hall–Kier alpha value is -2.16. The van der Waals surface area contributed by atoms with Crippen molar-refractivity contribution in [3.8, 4) is 5.75 Å². The summed E-state index contributed by atoms with van der Waals surface area (Å²) in [6.45, 7) is 21.7. The van der Waals surface area contributed by atoms with E-state index in [4.69, 9.17) is 9.69 Å². The SMILES string of the molecule is CC(C)[OH+]c1ccccc1[CH]=[Ru][Cl].Cc1cc(C)c(N2[CH-]N(c3c(C)cc(C)cc3C)CC2)c(C)c1.[CH3-]. The summed E-state index contributed by atoms with van der Waals surface area (Å²) in [5.74, 6) is 1.05. The molecule has 0 spiro atoms. The van der Waals surface area contributed by atoms with Crippen LogP contribution in [0.1, 0.15) is 52.8 Å². The molecule has 1 aliphatic rings. The summed E-state index contributed by atoms with van der Waals surface area (Å²) < 4.78 is 6.57. The fourth-order valence-electron chi connectivity index (χ4n) is 5.10. The Labute approximate surface area is 237 Å². The molecule has 1 heterocycles. The monoisotopic (exact) mass is 608 g/mol. The molecule has 0 aromatic heterocycles. The molecule has 0 aliphatic carbocycles. The molecule has 0 radical (unpaired) electrons. The molecule has 0 saturated carbocycles. The topological polar surface area (TPSA) is 19.3 Å². The molecule has 1 aliphatic heterocycles. The first-order valence-electron chi connectivity index (χ1n) is 12.5. The van der Waals surface area contributed by atoms with E-state index >= 15 is 0 Å². The van der Waals surface area contributed by atoms with Crippen molar-refractivity contribution in [2.24, 2.45) is 0 Å². The van der Waals surface area contributed by atoms with E-state index in [0.717, 1.165) is 24.4 Å². The first-order chi connectivity index (χ1) is 17.1. The standard InChI is InChI=1S/C21H27N2.C10H12O.CH3.ClH.Ru/c1-14-9-16(3)20(17(4)10-14)22-7-8-23(13-22)21-18(5)11-15(2)12-19(21)6;1-8(2)11-10-7-5-4-6-9(10)3;;;/h9-13H,7-8H2,1-6H3;3-8H,1-2H3;1H3;1H;/q-1;;-1;;+1. The van der Waals surface area contributed by atoms with Crippen LogP contribution in [-0.4, -0.2) is 28.5 Å². The number of anilines is 2. The minimum absolute atomic E-state index is 0. The van der Waals surface area contributed by atoms with Crippen molar-refractivity contribution < 1.29 is 20.4 Å². The van der Waals surface area contributed by atoms with E-state index in [1.165, 1.54) is 44.8 Å². The van der Waals surface area contributed by atoms with Gasteiger partial charge in [-0.3, -0.25) is 0 Å². The number of aromatic hydroxyl groups is 1. The molecule has 0 unspecified atom stereocenters. The summed E-state index contributed by atoms with van der Waals surface area (Å²) in [4.78, 5) is 4.81. The molecule has 0 atom stereocenters. The van der Waals surface area contributed by atoms with Gasteiger partial charge in [0.25, 0.3) is 0 Å². The molecule has 37 heavy (non-hydrogen) atoms. The van der Waals surface area contributed by atoms with Gasteiger partial charge in [0.15, 0.2) is 0 Å². The number of rotatable bonds is 5. The minimum Gasteiger partial charge on any atom is -0.502 e. The second-order valence-corrected chi connectivity index (χ2v) is 11.8. The number of aryl methyl sites for hydroxylation is 6. The van der Waals surface area contributed by atoms with E-state index in [0.29, 0.717) is 6.10 Å². The third-order valence-corrected chi connectivity index (χ3v) is 7.38. The zero-order valence-corrected chi connectivity index (χ0v) is 26.3. The maximum atomic E-state index is 5.74. The van der Waals surface area contributed by atoms with E-state index in [9.17, 15) is 0 Å². The Kier molecular flexibility index (Phi) is 11.9. The molecule has 5 heteroatoms. The molecule has 3 aromatic rings. The van der Waals surface area contributed by atoms with E-state index in [1.807, 2.05) is 18.2 Å². The summed E-state index contributed by atoms with van der Waals surface area (Å²) >= 11 is -0.171. The second-order valence-electron chi connectivity index (χ2n) is 9.96. The van der Waals surface area contributed by atoms with Crippen LogP contribution in [0.2, 0.25) is 0 Å². The maximum absolute atomic E-state index is 5.74. The number of para-hydroxylation sites is 1. The van der Waals surface area contributed by atoms with Gasteiger partial charge in [0.2, 0.25) is 0 Å². The van der Waals surface area contributed by atoms with Gasteiger partial charge in [0.1, 0.15) is 0 Å². The van der Waals surface area contributed by atoms with Gasteiger partial charge in [-0.1, -0.05) is 35.4 Å². The largest absolute Gasteiger partial charge is 0.502 e. The number of nitrogens with zero attached hydrogens (tertiary/aromatic N) is 2. The van der Waals surface area contributed by atoms with Crippen molar-refractivity contribution in [3.05, 3.63) is 102 Å². The van der Waals surface area contributed by atoms with Crippen molar-refractivity contribution in [1.82, 2.24) is 0 Å². The Morgan fingerprint density at radius 1 is 0.811 bits per heavy atom. The van der Waals surface area contributed by atoms with Gasteiger partial charge in [-0.25, -0.2) is 0 Å². The van der Waals surface area contributed by atoms with Crippen LogP contribution in [-0.2, 0) is 15.7 Å². The van der Waals surface area contributed by atoms with Gasteiger partial charge in [-0.15, -0.1) is 0 Å². The first-order valence-corrected chi connectivity index (χ1v) is 15.7. The van der Waals surface area contributed by atoms with Crippen molar-refractivity contribution in [3.63, 3.8) is 0 Å². The zero-order valence-electron chi connectivity index (χ0n) is 23.8. The van der Waals surface area contributed by atoms with E-state index in [-0.39, 0.29) is 23.1 Å². The molecule has 3 aromatic carbocycles. The molecule has 1 N–H and O–H groups in total. The van der Waals surface area contributed by atoms with Crippen molar-refractivity contribution >= 4 is 25.7 Å². The smallest absolute Gasteiger partial charge is 0.0146 e. The Morgan fingerprint density at radius 3 is 1.65 bits per heavy atom. The summed E-state index contributed by atoms with van der Waals surface area (Å²) in [6.07, 6.45) is 0.334. The number of hydrogen-bond acceptors (Lipinski definition) is 2. The number of hydrogen-bond donors (Lipinski definition) is 0. The average molecular weight is 608 g/mol. The van der Waals surface area contributed by atoms with Crippen LogP contribution in [0.5, 0.6) is 5.75 Å². The van der Waals surface area contributed by atoms with Crippen molar-refractivity contribution in [1.29, 1.82) is 0 Å². The Bertz CT molecular complexity index is 1110. The molecular weight excluding hydrogens is 565 g/mol. The fourth-order valence-corrected chi connectivity index (χ4v) is 6.22. The fraction of sp³-hybridized carbons (Fsp3) is 0.344. The molecular formula is C32H43ClN2ORu-. The maximum Gasteiger partial charge on any atom is 0.0146 e. The summed E-state index contributed by atoms with van der Waals surface area (Å²) in [5.41, 5.74) is 12.0. The molecule has 1 saturated heterocycles. The van der Waals surface area contributed by atoms with E-state index in [2.05, 4.69) is 112 Å². The molecule has 0 amide bonds. The quantitative estimate of drug-likeness (QED) is 0.166. The number of ether oxygens (including phenoxy) is 1. The average Bonchev–Trinajstić information content (AvgIpc) is 3.23. The van der Waals surface area contributed by atoms with Crippen LogP contribution in [0.4, 0.5) is 11.4 Å². The molecule has 203 valence electrons. The van der Waals surface area contributed by atoms with Gasteiger partial charge in [0, 0.05) is 24.5 Å². The van der Waals surface area contributed by atoms with E-state index in [1.54, 1.807) is 0 Å². The summed E-state index contributed by atoms with van der Waals surface area (Å²) in [7, 11) is 5.74. The third-order valence-electron chi connectivity index (χ3n) is 6.19. The van der Waals surface area contributed by atoms with Gasteiger partial charge in [-0.05, 0) is 63.8 Å². The number of benzene rings is 3. The zero-order chi connectivity index (χ0) is 26.4. The number of halogens is 1.